The van der Waals surface area contributed by atoms with Crippen LogP contribution in [0, 0.1) is 5.92 Å². The van der Waals surface area contributed by atoms with Crippen LogP contribution in [-0.2, 0) is 0 Å². The van der Waals surface area contributed by atoms with Crippen molar-refractivity contribution >= 4 is 0 Å². The smallest absolute Gasteiger partial charge is 0.0331 e. The van der Waals surface area contributed by atoms with Crippen molar-refractivity contribution < 1.29 is 0 Å². The van der Waals surface area contributed by atoms with E-state index in [1.165, 1.54) is 77.3 Å². The molecule has 0 aromatic rings. The summed E-state index contributed by atoms with van der Waals surface area (Å²) in [7, 11) is 0. The fourth-order valence-electron chi connectivity index (χ4n) is 3.85. The predicted octanol–water partition coefficient (Wildman–Crippen LogP) is 4.58. The molecule has 0 aliphatic heterocycles. The summed E-state index contributed by atoms with van der Waals surface area (Å²) in [6.45, 7) is 10.3. The van der Waals surface area contributed by atoms with E-state index in [-0.39, 0.29) is 0 Å². The Morgan fingerprint density at radius 3 is 1.90 bits per heavy atom. The van der Waals surface area contributed by atoms with Crippen LogP contribution >= 0.6 is 0 Å². The fraction of sp³-hybridized carbons (Fsp3) is 1.00. The maximum absolute atomic E-state index is 6.26. The van der Waals surface area contributed by atoms with E-state index in [0.717, 1.165) is 12.5 Å². The summed E-state index contributed by atoms with van der Waals surface area (Å²) < 4.78 is 0. The van der Waals surface area contributed by atoms with Crippen molar-refractivity contribution in [3.63, 3.8) is 0 Å². The molecule has 1 fully saturated rings. The maximum atomic E-state index is 6.26. The fourth-order valence-corrected chi connectivity index (χ4v) is 3.85. The molecule has 0 radical (unpaired) electrons. The summed E-state index contributed by atoms with van der Waals surface area (Å²) in [5, 5.41) is 0. The summed E-state index contributed by atoms with van der Waals surface area (Å²) in [6.07, 6.45) is 13.5. The zero-order valence-electron chi connectivity index (χ0n) is 14.3. The van der Waals surface area contributed by atoms with Crippen molar-refractivity contribution in [1.29, 1.82) is 0 Å². The molecule has 1 saturated carbocycles. The number of nitrogens with two attached hydrogens (primary N) is 1. The van der Waals surface area contributed by atoms with Gasteiger partial charge in [-0.3, -0.25) is 4.90 Å². The quantitative estimate of drug-likeness (QED) is 0.635. The summed E-state index contributed by atoms with van der Waals surface area (Å²) >= 11 is 0. The van der Waals surface area contributed by atoms with Crippen molar-refractivity contribution in [3.8, 4) is 0 Å². The molecule has 0 atom stereocenters. The Labute approximate surface area is 127 Å². The SMILES string of the molecule is CCCCN(CCCC)C1(CN)CCC(CCC)CC1. The minimum atomic E-state index is 0.328. The Morgan fingerprint density at radius 2 is 1.50 bits per heavy atom. The Hall–Kier alpha value is -0.0800. The lowest BCUT2D eigenvalue weighted by Gasteiger charge is -2.48. The van der Waals surface area contributed by atoms with Gasteiger partial charge in [-0.15, -0.1) is 0 Å². The van der Waals surface area contributed by atoms with Crippen LogP contribution in [0.25, 0.3) is 0 Å². The summed E-state index contributed by atoms with van der Waals surface area (Å²) in [5.41, 5.74) is 6.59. The normalized spacial score (nSPS) is 27.1. The van der Waals surface area contributed by atoms with Gasteiger partial charge in [0.1, 0.15) is 0 Å². The molecule has 0 aromatic carbocycles. The first-order chi connectivity index (χ1) is 9.72. The van der Waals surface area contributed by atoms with E-state index in [1.807, 2.05) is 0 Å². The Balaban J connectivity index is 2.62. The molecule has 2 N–H and O–H groups in total. The van der Waals surface area contributed by atoms with Crippen molar-refractivity contribution in [2.24, 2.45) is 11.7 Å². The molecule has 20 heavy (non-hydrogen) atoms. The second kappa shape index (κ2) is 9.78. The van der Waals surface area contributed by atoms with Crippen LogP contribution < -0.4 is 5.73 Å². The van der Waals surface area contributed by atoms with Crippen LogP contribution in [0.2, 0.25) is 0 Å². The highest BCUT2D eigenvalue weighted by atomic mass is 15.2. The topological polar surface area (TPSA) is 29.3 Å². The van der Waals surface area contributed by atoms with Gasteiger partial charge in [0, 0.05) is 12.1 Å². The average molecular weight is 283 g/mol. The Kier molecular flexibility index (Phi) is 8.79. The van der Waals surface area contributed by atoms with E-state index in [1.54, 1.807) is 0 Å². The van der Waals surface area contributed by atoms with Crippen molar-refractivity contribution in [1.82, 2.24) is 4.90 Å². The van der Waals surface area contributed by atoms with Gasteiger partial charge in [-0.1, -0.05) is 46.5 Å². The van der Waals surface area contributed by atoms with Crippen molar-refractivity contribution in [2.45, 2.75) is 90.5 Å². The Morgan fingerprint density at radius 1 is 0.950 bits per heavy atom. The molecule has 2 nitrogen and oxygen atoms in total. The lowest BCUT2D eigenvalue weighted by atomic mass is 9.74. The number of hydrogen-bond donors (Lipinski definition) is 1. The molecule has 0 amide bonds. The molecule has 0 bridgehead atoms. The van der Waals surface area contributed by atoms with E-state index in [4.69, 9.17) is 5.73 Å². The van der Waals surface area contributed by atoms with Crippen molar-refractivity contribution in [2.75, 3.05) is 19.6 Å². The summed E-state index contributed by atoms with van der Waals surface area (Å²) in [4.78, 5) is 2.77. The minimum Gasteiger partial charge on any atom is -0.329 e. The lowest BCUT2D eigenvalue weighted by Crippen LogP contribution is -2.56. The highest BCUT2D eigenvalue weighted by Gasteiger charge is 2.38. The van der Waals surface area contributed by atoms with Crippen LogP contribution in [0.5, 0.6) is 0 Å². The van der Waals surface area contributed by atoms with Gasteiger partial charge in [0.15, 0.2) is 0 Å². The molecule has 2 heteroatoms. The molecule has 1 rings (SSSR count). The maximum Gasteiger partial charge on any atom is 0.0331 e. The number of hydrogen-bond acceptors (Lipinski definition) is 2. The van der Waals surface area contributed by atoms with Gasteiger partial charge >= 0.3 is 0 Å². The van der Waals surface area contributed by atoms with Crippen LogP contribution in [-0.4, -0.2) is 30.1 Å². The highest BCUT2D eigenvalue weighted by molar-refractivity contribution is 4.95. The molecule has 0 unspecified atom stereocenters. The minimum absolute atomic E-state index is 0.328. The first kappa shape index (κ1) is 18.0. The number of nitrogens with zero attached hydrogens (tertiary/aromatic N) is 1. The molecular formula is C18H38N2. The van der Waals surface area contributed by atoms with Gasteiger partial charge in [-0.25, -0.2) is 0 Å². The summed E-state index contributed by atoms with van der Waals surface area (Å²) in [6, 6.07) is 0. The van der Waals surface area contributed by atoms with Crippen LogP contribution in [0.3, 0.4) is 0 Å². The zero-order chi connectivity index (χ0) is 14.8. The van der Waals surface area contributed by atoms with Crippen LogP contribution in [0.4, 0.5) is 0 Å². The average Bonchev–Trinajstić information content (AvgIpc) is 2.49. The van der Waals surface area contributed by atoms with Gasteiger partial charge in [-0.2, -0.15) is 0 Å². The number of unbranched alkanes of at least 4 members (excludes halogenated alkanes) is 2. The first-order valence-corrected chi connectivity index (χ1v) is 9.17. The first-order valence-electron chi connectivity index (χ1n) is 9.17. The molecule has 120 valence electrons. The third kappa shape index (κ3) is 5.04. The largest absolute Gasteiger partial charge is 0.329 e. The third-order valence-corrected chi connectivity index (χ3v) is 5.35. The van der Waals surface area contributed by atoms with Gasteiger partial charge in [0.25, 0.3) is 0 Å². The molecule has 0 saturated heterocycles. The van der Waals surface area contributed by atoms with Crippen molar-refractivity contribution in [3.05, 3.63) is 0 Å². The van der Waals surface area contributed by atoms with Crippen LogP contribution in [0.1, 0.15) is 85.0 Å². The molecule has 0 spiro atoms. The summed E-state index contributed by atoms with van der Waals surface area (Å²) in [5.74, 6) is 0.971. The number of rotatable bonds is 10. The molecule has 1 aliphatic carbocycles. The highest BCUT2D eigenvalue weighted by Crippen LogP contribution is 2.38. The van der Waals surface area contributed by atoms with Gasteiger partial charge in [0.05, 0.1) is 0 Å². The lowest BCUT2D eigenvalue weighted by molar-refractivity contribution is 0.0383. The molecular weight excluding hydrogens is 244 g/mol. The van der Waals surface area contributed by atoms with Gasteiger partial charge in [-0.05, 0) is 57.5 Å². The third-order valence-electron chi connectivity index (χ3n) is 5.35. The van der Waals surface area contributed by atoms with Gasteiger partial charge < -0.3 is 5.73 Å². The molecule has 1 aliphatic rings. The van der Waals surface area contributed by atoms with E-state index in [2.05, 4.69) is 25.7 Å². The predicted molar refractivity (Wildman–Crippen MR) is 90.0 cm³/mol. The second-order valence-electron chi connectivity index (χ2n) is 6.85. The zero-order valence-corrected chi connectivity index (χ0v) is 14.3. The van der Waals surface area contributed by atoms with E-state index in [9.17, 15) is 0 Å². The van der Waals surface area contributed by atoms with E-state index in [0.29, 0.717) is 5.54 Å². The Bertz CT molecular complexity index is 224. The monoisotopic (exact) mass is 282 g/mol. The molecule has 0 aromatic heterocycles. The van der Waals surface area contributed by atoms with E-state index >= 15 is 0 Å². The molecule has 0 heterocycles. The van der Waals surface area contributed by atoms with Crippen LogP contribution in [0.15, 0.2) is 0 Å². The van der Waals surface area contributed by atoms with E-state index < -0.39 is 0 Å². The second-order valence-corrected chi connectivity index (χ2v) is 6.85. The van der Waals surface area contributed by atoms with Gasteiger partial charge in [0.2, 0.25) is 0 Å². The standard InChI is InChI=1S/C18H38N2/c1-4-7-14-20(15-8-5-2)18(16-19)12-10-17(9-6-3)11-13-18/h17H,4-16,19H2,1-3H3.